The molecule has 6 heteroatoms. The zero-order valence-corrected chi connectivity index (χ0v) is 19.1. The Morgan fingerprint density at radius 3 is 2.38 bits per heavy atom. The first-order valence-corrected chi connectivity index (χ1v) is 11.4. The number of nitrogens with one attached hydrogen (secondary N) is 2. The van der Waals surface area contributed by atoms with Crippen LogP contribution in [0.3, 0.4) is 0 Å². The molecular weight excluding hydrogens is 418 g/mol. The van der Waals surface area contributed by atoms with Gasteiger partial charge in [0.2, 0.25) is 5.91 Å². The summed E-state index contributed by atoms with van der Waals surface area (Å²) in [6.07, 6.45) is 0. The van der Waals surface area contributed by atoms with E-state index in [1.165, 1.54) is 6.92 Å². The molecule has 32 heavy (non-hydrogen) atoms. The Morgan fingerprint density at radius 1 is 0.969 bits per heavy atom. The molecule has 4 rings (SSSR count). The third kappa shape index (κ3) is 4.70. The number of carbonyl (C=O) groups excluding carboxylic acids is 2. The van der Waals surface area contributed by atoms with Gasteiger partial charge in [-0.2, -0.15) is 0 Å². The van der Waals surface area contributed by atoms with Crippen LogP contribution in [0.15, 0.2) is 72.1 Å². The molecule has 0 saturated heterocycles. The lowest BCUT2D eigenvalue weighted by Gasteiger charge is -2.22. The van der Waals surface area contributed by atoms with Gasteiger partial charge in [-0.05, 0) is 41.6 Å². The Balaban J connectivity index is 1.72. The van der Waals surface area contributed by atoms with Gasteiger partial charge in [0.15, 0.2) is 0 Å². The summed E-state index contributed by atoms with van der Waals surface area (Å²) in [6, 6.07) is 21.0. The average Bonchev–Trinajstić information content (AvgIpc) is 3.31. The van der Waals surface area contributed by atoms with Crippen LogP contribution in [0.25, 0.3) is 22.2 Å². The highest BCUT2D eigenvalue weighted by molar-refractivity contribution is 7.10. The van der Waals surface area contributed by atoms with Gasteiger partial charge in [0.1, 0.15) is 0 Å². The van der Waals surface area contributed by atoms with Gasteiger partial charge < -0.3 is 10.6 Å². The molecule has 0 spiro atoms. The number of thiophene rings is 1. The van der Waals surface area contributed by atoms with Crippen molar-refractivity contribution in [2.24, 2.45) is 5.92 Å². The number of nitrogens with zero attached hydrogens (tertiary/aromatic N) is 1. The van der Waals surface area contributed by atoms with Gasteiger partial charge in [0, 0.05) is 28.4 Å². The van der Waals surface area contributed by atoms with Crippen LogP contribution in [0.4, 0.5) is 5.69 Å². The second-order valence-electron chi connectivity index (χ2n) is 8.04. The van der Waals surface area contributed by atoms with Crippen LogP contribution >= 0.6 is 11.3 Å². The summed E-state index contributed by atoms with van der Waals surface area (Å²) < 4.78 is 0. The van der Waals surface area contributed by atoms with Crippen LogP contribution in [0.1, 0.15) is 42.0 Å². The molecule has 0 radical (unpaired) electrons. The molecule has 4 aromatic rings. The van der Waals surface area contributed by atoms with E-state index in [9.17, 15) is 9.59 Å². The molecule has 0 fully saturated rings. The molecule has 2 heterocycles. The molecule has 162 valence electrons. The molecule has 0 aliphatic heterocycles. The fraction of sp³-hybridized carbons (Fsp3) is 0.192. The molecule has 0 saturated carbocycles. The first-order chi connectivity index (χ1) is 15.4. The van der Waals surface area contributed by atoms with Gasteiger partial charge in [-0.3, -0.25) is 9.59 Å². The topological polar surface area (TPSA) is 71.1 Å². The van der Waals surface area contributed by atoms with E-state index in [0.29, 0.717) is 11.3 Å². The Morgan fingerprint density at radius 2 is 1.72 bits per heavy atom. The highest BCUT2D eigenvalue weighted by Crippen LogP contribution is 2.29. The minimum Gasteiger partial charge on any atom is -0.344 e. The first-order valence-electron chi connectivity index (χ1n) is 10.5. The van der Waals surface area contributed by atoms with E-state index in [0.717, 1.165) is 27.0 Å². The molecule has 2 amide bonds. The summed E-state index contributed by atoms with van der Waals surface area (Å²) in [7, 11) is 0. The molecule has 0 bridgehead atoms. The molecule has 0 aliphatic rings. The molecular formula is C26H25N3O2S. The monoisotopic (exact) mass is 443 g/mol. The van der Waals surface area contributed by atoms with Crippen molar-refractivity contribution in [2.45, 2.75) is 26.8 Å². The number of hydrogen-bond donors (Lipinski definition) is 2. The van der Waals surface area contributed by atoms with Crippen LogP contribution in [0.5, 0.6) is 0 Å². The summed E-state index contributed by atoms with van der Waals surface area (Å²) >= 11 is 1.65. The number of pyridine rings is 1. The molecule has 0 aliphatic carbocycles. The first kappa shape index (κ1) is 21.7. The Bertz CT molecular complexity index is 1250. The predicted octanol–water partition coefficient (Wildman–Crippen LogP) is 6.05. The second-order valence-corrected chi connectivity index (χ2v) is 9.02. The quantitative estimate of drug-likeness (QED) is 0.381. The Hall–Kier alpha value is -3.51. The fourth-order valence-corrected chi connectivity index (χ4v) is 4.64. The molecule has 2 N–H and O–H groups in total. The number of benzene rings is 2. The lowest BCUT2D eigenvalue weighted by Crippen LogP contribution is -2.31. The zero-order chi connectivity index (χ0) is 22.7. The summed E-state index contributed by atoms with van der Waals surface area (Å²) in [4.78, 5) is 30.7. The van der Waals surface area contributed by atoms with Crippen LogP contribution in [-0.4, -0.2) is 16.8 Å². The third-order valence-electron chi connectivity index (χ3n) is 5.26. The zero-order valence-electron chi connectivity index (χ0n) is 18.3. The summed E-state index contributed by atoms with van der Waals surface area (Å²) in [5.74, 6) is 0.0179. The van der Waals surface area contributed by atoms with E-state index < -0.39 is 0 Å². The van der Waals surface area contributed by atoms with Gasteiger partial charge in [-0.25, -0.2) is 4.98 Å². The lowest BCUT2D eigenvalue weighted by molar-refractivity contribution is -0.114. The maximum absolute atomic E-state index is 13.4. The van der Waals surface area contributed by atoms with Crippen molar-refractivity contribution in [3.63, 3.8) is 0 Å². The predicted molar refractivity (Wildman–Crippen MR) is 131 cm³/mol. The second kappa shape index (κ2) is 9.32. The average molecular weight is 444 g/mol. The van der Waals surface area contributed by atoms with Crippen LogP contribution in [0.2, 0.25) is 0 Å². The fourth-order valence-electron chi connectivity index (χ4n) is 3.69. The van der Waals surface area contributed by atoms with E-state index >= 15 is 0 Å². The third-order valence-corrected chi connectivity index (χ3v) is 6.22. The molecule has 1 atom stereocenters. The highest BCUT2D eigenvalue weighted by atomic mass is 32.1. The number of carbonyl (C=O) groups is 2. The van der Waals surface area contributed by atoms with Crippen molar-refractivity contribution >= 4 is 39.7 Å². The van der Waals surface area contributed by atoms with Crippen LogP contribution in [0, 0.1) is 5.92 Å². The van der Waals surface area contributed by atoms with Gasteiger partial charge in [-0.15, -0.1) is 11.3 Å². The summed E-state index contributed by atoms with van der Waals surface area (Å²) in [6.45, 7) is 5.69. The number of amides is 2. The largest absolute Gasteiger partial charge is 0.344 e. The van der Waals surface area contributed by atoms with Crippen molar-refractivity contribution in [1.29, 1.82) is 0 Å². The van der Waals surface area contributed by atoms with Gasteiger partial charge >= 0.3 is 0 Å². The summed E-state index contributed by atoms with van der Waals surface area (Å²) in [5, 5.41) is 8.84. The Kier molecular flexibility index (Phi) is 6.32. The number of para-hydroxylation sites is 1. The van der Waals surface area contributed by atoms with Gasteiger partial charge in [0.05, 0.1) is 22.8 Å². The van der Waals surface area contributed by atoms with E-state index in [4.69, 9.17) is 4.98 Å². The van der Waals surface area contributed by atoms with E-state index in [1.54, 1.807) is 11.3 Å². The van der Waals surface area contributed by atoms with Crippen molar-refractivity contribution < 1.29 is 9.59 Å². The molecule has 5 nitrogen and oxygen atoms in total. The number of rotatable bonds is 6. The van der Waals surface area contributed by atoms with Crippen LogP contribution < -0.4 is 10.6 Å². The minimum absolute atomic E-state index is 0.0604. The number of fused-ring (bicyclic) bond motifs is 1. The van der Waals surface area contributed by atoms with Crippen molar-refractivity contribution in [3.05, 3.63) is 82.6 Å². The molecule has 2 aromatic heterocycles. The smallest absolute Gasteiger partial charge is 0.252 e. The SMILES string of the molecule is CC(=O)Nc1ccc(-c2cc(C(=O)NC(c3cccs3)C(C)C)c3ccccc3n2)cc1. The number of aromatic nitrogens is 1. The van der Waals surface area contributed by atoms with Crippen molar-refractivity contribution in [2.75, 3.05) is 5.32 Å². The van der Waals surface area contributed by atoms with E-state index in [1.807, 2.05) is 66.0 Å². The number of hydrogen-bond acceptors (Lipinski definition) is 4. The van der Waals surface area contributed by atoms with Gasteiger partial charge in [-0.1, -0.05) is 50.2 Å². The molecule has 2 aromatic carbocycles. The minimum atomic E-state index is -0.119. The van der Waals surface area contributed by atoms with E-state index in [-0.39, 0.29) is 23.8 Å². The Labute approximate surface area is 191 Å². The van der Waals surface area contributed by atoms with Crippen LogP contribution in [-0.2, 0) is 4.79 Å². The van der Waals surface area contributed by atoms with Crippen molar-refractivity contribution in [1.82, 2.24) is 10.3 Å². The maximum Gasteiger partial charge on any atom is 0.252 e. The van der Waals surface area contributed by atoms with Crippen molar-refractivity contribution in [3.8, 4) is 11.3 Å². The normalized spacial score (nSPS) is 12.0. The van der Waals surface area contributed by atoms with Gasteiger partial charge in [0.25, 0.3) is 5.91 Å². The summed E-state index contributed by atoms with van der Waals surface area (Å²) in [5.41, 5.74) is 3.66. The van der Waals surface area contributed by atoms with E-state index in [2.05, 4.69) is 30.5 Å². The lowest BCUT2D eigenvalue weighted by atomic mass is 10.00. The number of anilines is 1. The maximum atomic E-state index is 13.4. The molecule has 1 unspecified atom stereocenters. The highest BCUT2D eigenvalue weighted by Gasteiger charge is 2.22. The standard InChI is InChI=1S/C26H25N3O2S/c1-16(2)25(24-9-6-14-32-24)29-26(31)21-15-23(28-22-8-5-4-7-20(21)22)18-10-12-19(13-11-18)27-17(3)30/h4-16,25H,1-3H3,(H,27,30)(H,29,31).